The molecule has 1 atom stereocenters. The lowest BCUT2D eigenvalue weighted by atomic mass is 9.96. The van der Waals surface area contributed by atoms with Crippen molar-refractivity contribution in [3.8, 4) is 12.1 Å². The van der Waals surface area contributed by atoms with E-state index >= 15 is 0 Å². The van der Waals surface area contributed by atoms with E-state index in [0.717, 1.165) is 12.1 Å². The molecule has 25 heavy (non-hydrogen) atoms. The molecule has 14 heteroatoms. The van der Waals surface area contributed by atoms with E-state index in [1.807, 2.05) is 0 Å². The molecule has 0 radical (unpaired) electrons. The van der Waals surface area contributed by atoms with Gasteiger partial charge >= 0.3 is 29.7 Å². The second-order valence-corrected chi connectivity index (χ2v) is 6.00. The van der Waals surface area contributed by atoms with E-state index in [0.29, 0.717) is 0 Å². The predicted octanol–water partition coefficient (Wildman–Crippen LogP) is 5.22. The van der Waals surface area contributed by atoms with E-state index in [1.54, 1.807) is 0 Å². The van der Waals surface area contributed by atoms with Crippen molar-refractivity contribution in [1.82, 2.24) is 0 Å². The highest BCUT2D eigenvalue weighted by atomic mass is 32.2. The first kappa shape index (κ1) is 23.6. The minimum Gasteiger partial charge on any atom is -0.203 e. The molecule has 0 aromatic rings. The molecule has 0 aromatic heterocycles. The molecular weight excluding hydrogens is 401 g/mol. The fourth-order valence-electron chi connectivity index (χ4n) is 1.55. The molecule has 0 aliphatic carbocycles. The van der Waals surface area contributed by atoms with Crippen LogP contribution in [0.25, 0.3) is 0 Å². The van der Waals surface area contributed by atoms with Gasteiger partial charge < -0.3 is 0 Å². The number of hydrogen-bond acceptors (Lipinski definition) is 3. The van der Waals surface area contributed by atoms with Gasteiger partial charge in [0.15, 0.2) is 0 Å². The SMILES string of the molecule is N#CC(C#N)CC(CC(F)(F)C(F)(F)C(F)(F)C(F)F)SC(F)(F)F. The molecule has 0 bridgehead atoms. The maximum Gasteiger partial charge on any atom is 0.442 e. The van der Waals surface area contributed by atoms with Crippen LogP contribution in [0.5, 0.6) is 0 Å². The van der Waals surface area contributed by atoms with Crippen molar-refractivity contribution in [2.24, 2.45) is 5.92 Å². The summed E-state index contributed by atoms with van der Waals surface area (Å²) in [6.07, 6.45) is -9.12. The van der Waals surface area contributed by atoms with Gasteiger partial charge in [-0.05, 0) is 18.2 Å². The molecule has 0 aliphatic rings. The summed E-state index contributed by atoms with van der Waals surface area (Å²) in [7, 11) is 0. The fourth-order valence-corrected chi connectivity index (χ4v) is 2.51. The van der Waals surface area contributed by atoms with Crippen LogP contribution >= 0.6 is 11.8 Å². The van der Waals surface area contributed by atoms with Crippen LogP contribution in [-0.2, 0) is 0 Å². The van der Waals surface area contributed by atoms with Gasteiger partial charge in [-0.2, -0.15) is 50.0 Å². The number of alkyl halides is 11. The Morgan fingerprint density at radius 2 is 1.28 bits per heavy atom. The molecule has 0 saturated heterocycles. The minimum atomic E-state index is -6.66. The van der Waals surface area contributed by atoms with Crippen molar-refractivity contribution >= 4 is 11.8 Å². The molecule has 0 aliphatic heterocycles. The summed E-state index contributed by atoms with van der Waals surface area (Å²) in [5.74, 6) is -21.1. The van der Waals surface area contributed by atoms with Gasteiger partial charge in [-0.3, -0.25) is 0 Å². The maximum absolute atomic E-state index is 13.4. The Labute approximate surface area is 137 Å². The molecule has 0 saturated carbocycles. The first-order valence-corrected chi connectivity index (χ1v) is 6.85. The quantitative estimate of drug-likeness (QED) is 0.518. The molecule has 0 amide bonds. The Morgan fingerprint density at radius 1 is 0.840 bits per heavy atom. The Balaban J connectivity index is 5.64. The molecule has 0 spiro atoms. The van der Waals surface area contributed by atoms with Crippen molar-refractivity contribution in [2.75, 3.05) is 0 Å². The molecule has 144 valence electrons. The standard InChI is InChI=1S/C11H7F11N2S/c12-7(13)9(16,17)10(18,19)8(14,15)2-6(25-11(20,21)22)1-5(3-23)4-24/h5-7H,1-2H2. The molecule has 1 unspecified atom stereocenters. The molecule has 0 rings (SSSR count). The summed E-state index contributed by atoms with van der Waals surface area (Å²) >= 11 is -1.33. The molecule has 0 aromatic carbocycles. The Morgan fingerprint density at radius 3 is 1.60 bits per heavy atom. The van der Waals surface area contributed by atoms with Crippen LogP contribution in [0, 0.1) is 28.6 Å². The van der Waals surface area contributed by atoms with Crippen molar-refractivity contribution in [1.29, 1.82) is 10.5 Å². The highest BCUT2D eigenvalue weighted by Gasteiger charge is 2.75. The first-order chi connectivity index (χ1) is 11.0. The Hall–Kier alpha value is -1.44. The number of rotatable bonds is 8. The third-order valence-corrected chi connectivity index (χ3v) is 3.71. The second-order valence-electron chi connectivity index (χ2n) is 4.64. The van der Waals surface area contributed by atoms with Gasteiger partial charge in [-0.1, -0.05) is 0 Å². The van der Waals surface area contributed by atoms with E-state index < -0.39 is 65.5 Å². The van der Waals surface area contributed by atoms with Gasteiger partial charge in [-0.25, -0.2) is 8.78 Å². The fraction of sp³-hybridized carbons (Fsp3) is 0.818. The molecular formula is C11H7F11N2S. The van der Waals surface area contributed by atoms with Gasteiger partial charge in [0.2, 0.25) is 0 Å². The second kappa shape index (κ2) is 7.85. The summed E-state index contributed by atoms with van der Waals surface area (Å²) in [6.45, 7) is 0. The predicted molar refractivity (Wildman–Crippen MR) is 62.2 cm³/mol. The highest BCUT2D eigenvalue weighted by molar-refractivity contribution is 8.00. The number of thioether (sulfide) groups is 1. The van der Waals surface area contributed by atoms with E-state index in [4.69, 9.17) is 10.5 Å². The van der Waals surface area contributed by atoms with Gasteiger partial charge in [0, 0.05) is 11.7 Å². The zero-order valence-corrected chi connectivity index (χ0v) is 12.4. The number of nitriles is 2. The van der Waals surface area contributed by atoms with Crippen molar-refractivity contribution < 1.29 is 48.3 Å². The summed E-state index contributed by atoms with van der Waals surface area (Å²) in [4.78, 5) is 0. The third kappa shape index (κ3) is 5.80. The summed E-state index contributed by atoms with van der Waals surface area (Å²) in [6, 6.07) is 2.20. The molecule has 0 heterocycles. The van der Waals surface area contributed by atoms with Crippen molar-refractivity contribution in [2.45, 2.75) is 47.8 Å². The number of nitrogens with zero attached hydrogens (tertiary/aromatic N) is 2. The van der Waals surface area contributed by atoms with E-state index in [1.165, 1.54) is 0 Å². The summed E-state index contributed by atoms with van der Waals surface area (Å²) in [5, 5.41) is 14.2. The average molecular weight is 408 g/mol. The lowest BCUT2D eigenvalue weighted by molar-refractivity contribution is -0.339. The molecule has 0 N–H and O–H groups in total. The topological polar surface area (TPSA) is 47.6 Å². The van der Waals surface area contributed by atoms with Crippen LogP contribution in [0.4, 0.5) is 48.3 Å². The minimum absolute atomic E-state index is 1.10. The van der Waals surface area contributed by atoms with Gasteiger partial charge in [0.1, 0.15) is 5.92 Å². The van der Waals surface area contributed by atoms with Gasteiger partial charge in [0.25, 0.3) is 0 Å². The van der Waals surface area contributed by atoms with Crippen LogP contribution in [0.1, 0.15) is 12.8 Å². The van der Waals surface area contributed by atoms with Gasteiger partial charge in [-0.15, -0.1) is 0 Å². The third-order valence-electron chi connectivity index (χ3n) is 2.75. The van der Waals surface area contributed by atoms with Crippen LogP contribution < -0.4 is 0 Å². The van der Waals surface area contributed by atoms with E-state index in [-0.39, 0.29) is 0 Å². The summed E-state index contributed by atoms with van der Waals surface area (Å²) < 4.78 is 139. The number of hydrogen-bond donors (Lipinski definition) is 0. The summed E-state index contributed by atoms with van der Waals surface area (Å²) in [5.41, 5.74) is -5.29. The smallest absolute Gasteiger partial charge is 0.203 e. The van der Waals surface area contributed by atoms with Crippen LogP contribution in [0.3, 0.4) is 0 Å². The normalized spacial score (nSPS) is 15.2. The van der Waals surface area contributed by atoms with Crippen molar-refractivity contribution in [3.05, 3.63) is 0 Å². The van der Waals surface area contributed by atoms with Gasteiger partial charge in [0.05, 0.1) is 12.1 Å². The lowest BCUT2D eigenvalue weighted by Gasteiger charge is -2.34. The maximum atomic E-state index is 13.4. The van der Waals surface area contributed by atoms with Crippen molar-refractivity contribution in [3.63, 3.8) is 0 Å². The molecule has 0 fully saturated rings. The number of halogens is 11. The monoisotopic (exact) mass is 408 g/mol. The average Bonchev–Trinajstić information content (AvgIpc) is 2.41. The molecule has 2 nitrogen and oxygen atoms in total. The highest BCUT2D eigenvalue weighted by Crippen LogP contribution is 2.52. The lowest BCUT2D eigenvalue weighted by Crippen LogP contribution is -2.58. The van der Waals surface area contributed by atoms with Crippen LogP contribution in [-0.4, -0.2) is 35.0 Å². The zero-order valence-electron chi connectivity index (χ0n) is 11.6. The van der Waals surface area contributed by atoms with Crippen LogP contribution in [0.2, 0.25) is 0 Å². The largest absolute Gasteiger partial charge is 0.442 e. The van der Waals surface area contributed by atoms with E-state index in [9.17, 15) is 48.3 Å². The first-order valence-electron chi connectivity index (χ1n) is 5.97. The Bertz CT molecular complexity index is 518. The van der Waals surface area contributed by atoms with Crippen LogP contribution in [0.15, 0.2) is 0 Å². The zero-order chi connectivity index (χ0) is 20.3. The van der Waals surface area contributed by atoms with E-state index in [2.05, 4.69) is 0 Å². The Kier molecular flexibility index (Phi) is 7.39.